The molecule has 0 aliphatic heterocycles. The van der Waals surface area contributed by atoms with Gasteiger partial charge in [0.1, 0.15) is 5.82 Å². The van der Waals surface area contributed by atoms with Crippen LogP contribution in [0.15, 0.2) is 48.8 Å². The van der Waals surface area contributed by atoms with Gasteiger partial charge in [0.15, 0.2) is 5.69 Å². The lowest BCUT2D eigenvalue weighted by molar-refractivity contribution is 0.0520. The first kappa shape index (κ1) is 15.0. The van der Waals surface area contributed by atoms with Crippen molar-refractivity contribution in [1.29, 1.82) is 0 Å². The highest BCUT2D eigenvalue weighted by molar-refractivity contribution is 5.98. The third kappa shape index (κ3) is 3.29. The first-order chi connectivity index (χ1) is 11.2. The number of benzene rings is 1. The number of nitrogens with one attached hydrogen (secondary N) is 1. The van der Waals surface area contributed by atoms with Gasteiger partial charge >= 0.3 is 5.97 Å². The molecule has 3 rings (SSSR count). The van der Waals surface area contributed by atoms with Gasteiger partial charge in [0.25, 0.3) is 0 Å². The lowest BCUT2D eigenvalue weighted by atomic mass is 10.1. The summed E-state index contributed by atoms with van der Waals surface area (Å²) in [6, 6.07) is 11.5. The number of esters is 1. The minimum absolute atomic E-state index is 0.266. The molecule has 0 aliphatic carbocycles. The van der Waals surface area contributed by atoms with Crippen LogP contribution in [0, 0.1) is 6.92 Å². The van der Waals surface area contributed by atoms with Crippen molar-refractivity contribution in [2.24, 2.45) is 0 Å². The zero-order valence-corrected chi connectivity index (χ0v) is 13.0. The zero-order chi connectivity index (χ0) is 16.2. The number of carbonyl (C=O) groups excluding carboxylic acids is 1. The summed E-state index contributed by atoms with van der Waals surface area (Å²) in [7, 11) is 0. The first-order valence-corrected chi connectivity index (χ1v) is 7.43. The summed E-state index contributed by atoms with van der Waals surface area (Å²) in [5.74, 6) is 0.169. The number of pyridine rings is 2. The predicted molar refractivity (Wildman–Crippen MR) is 90.0 cm³/mol. The summed E-state index contributed by atoms with van der Waals surface area (Å²) < 4.78 is 5.05. The number of aryl methyl sites for hydroxylation is 1. The Morgan fingerprint density at radius 2 is 2.00 bits per heavy atom. The molecule has 23 heavy (non-hydrogen) atoms. The zero-order valence-electron chi connectivity index (χ0n) is 13.0. The average molecular weight is 307 g/mol. The fraction of sp³-hybridized carbons (Fsp3) is 0.167. The molecule has 0 aliphatic rings. The summed E-state index contributed by atoms with van der Waals surface area (Å²) in [4.78, 5) is 20.5. The number of ether oxygens (including phenoxy) is 1. The van der Waals surface area contributed by atoms with Crippen molar-refractivity contribution in [3.63, 3.8) is 0 Å². The number of fused-ring (bicyclic) bond motifs is 1. The van der Waals surface area contributed by atoms with Crippen LogP contribution < -0.4 is 5.32 Å². The van der Waals surface area contributed by atoms with Crippen LogP contribution in [-0.2, 0) is 4.74 Å². The van der Waals surface area contributed by atoms with Crippen molar-refractivity contribution in [2.45, 2.75) is 13.8 Å². The third-order valence-electron chi connectivity index (χ3n) is 3.43. The molecule has 0 fully saturated rings. The Morgan fingerprint density at radius 1 is 1.22 bits per heavy atom. The van der Waals surface area contributed by atoms with E-state index in [2.05, 4.69) is 15.3 Å². The van der Waals surface area contributed by atoms with Gasteiger partial charge in [0.05, 0.1) is 6.61 Å². The number of hydrogen-bond donors (Lipinski definition) is 1. The first-order valence-electron chi connectivity index (χ1n) is 7.43. The summed E-state index contributed by atoms with van der Waals surface area (Å²) >= 11 is 0. The summed E-state index contributed by atoms with van der Waals surface area (Å²) in [5.41, 5.74) is 2.35. The molecule has 5 heteroatoms. The molecular formula is C18H17N3O2. The van der Waals surface area contributed by atoms with Gasteiger partial charge in [0.2, 0.25) is 0 Å². The van der Waals surface area contributed by atoms with Crippen molar-refractivity contribution >= 4 is 28.2 Å². The van der Waals surface area contributed by atoms with E-state index in [1.165, 1.54) is 5.56 Å². The molecule has 0 spiro atoms. The maximum atomic E-state index is 12.0. The van der Waals surface area contributed by atoms with E-state index in [-0.39, 0.29) is 5.69 Å². The van der Waals surface area contributed by atoms with Crippen molar-refractivity contribution < 1.29 is 9.53 Å². The highest BCUT2D eigenvalue weighted by Gasteiger charge is 2.13. The molecule has 0 bridgehead atoms. The quantitative estimate of drug-likeness (QED) is 0.741. The van der Waals surface area contributed by atoms with Gasteiger partial charge in [-0.15, -0.1) is 0 Å². The van der Waals surface area contributed by atoms with Gasteiger partial charge in [0, 0.05) is 28.9 Å². The lowest BCUT2D eigenvalue weighted by Crippen LogP contribution is -2.09. The maximum absolute atomic E-state index is 12.0. The number of hydrogen-bond acceptors (Lipinski definition) is 5. The molecule has 1 N–H and O–H groups in total. The van der Waals surface area contributed by atoms with Gasteiger partial charge in [-0.25, -0.2) is 9.78 Å². The van der Waals surface area contributed by atoms with E-state index in [0.717, 1.165) is 16.5 Å². The predicted octanol–water partition coefficient (Wildman–Crippen LogP) is 3.86. The molecule has 3 aromatic rings. The summed E-state index contributed by atoms with van der Waals surface area (Å²) in [6.45, 7) is 4.11. The number of aromatic nitrogens is 2. The molecule has 116 valence electrons. The second kappa shape index (κ2) is 6.44. The molecule has 2 aromatic heterocycles. The highest BCUT2D eigenvalue weighted by atomic mass is 16.5. The van der Waals surface area contributed by atoms with Crippen molar-refractivity contribution in [3.8, 4) is 0 Å². The Hall–Kier alpha value is -2.95. The molecule has 0 amide bonds. The van der Waals surface area contributed by atoms with Crippen molar-refractivity contribution in [2.75, 3.05) is 11.9 Å². The molecule has 0 unspecified atom stereocenters. The monoisotopic (exact) mass is 307 g/mol. The number of rotatable bonds is 4. The number of anilines is 2. The second-order valence-corrected chi connectivity index (χ2v) is 5.16. The molecule has 5 nitrogen and oxygen atoms in total. The molecular weight excluding hydrogens is 290 g/mol. The SMILES string of the molecule is CCOC(=O)c1cc2cnccc2c(Nc2ccc(C)cc2)n1. The molecule has 0 saturated carbocycles. The normalized spacial score (nSPS) is 10.5. The Balaban J connectivity index is 2.06. The van der Waals surface area contributed by atoms with Gasteiger partial charge in [-0.1, -0.05) is 17.7 Å². The Bertz CT molecular complexity index is 845. The highest BCUT2D eigenvalue weighted by Crippen LogP contribution is 2.25. The van der Waals surface area contributed by atoms with E-state index in [1.807, 2.05) is 37.3 Å². The van der Waals surface area contributed by atoms with Crippen molar-refractivity contribution in [3.05, 3.63) is 60.0 Å². The standard InChI is InChI=1S/C18H17N3O2/c1-3-23-18(22)16-10-13-11-19-9-8-15(13)17(21-16)20-14-6-4-12(2)5-7-14/h4-11H,3H2,1-2H3,(H,20,21). The van der Waals surface area contributed by atoms with Crippen LogP contribution in [0.2, 0.25) is 0 Å². The molecule has 0 radical (unpaired) electrons. The van der Waals surface area contributed by atoms with Crippen LogP contribution in [-0.4, -0.2) is 22.5 Å². The minimum atomic E-state index is -0.440. The van der Waals surface area contributed by atoms with E-state index in [4.69, 9.17) is 4.74 Å². The summed E-state index contributed by atoms with van der Waals surface area (Å²) in [6.07, 6.45) is 3.41. The van der Waals surface area contributed by atoms with E-state index in [9.17, 15) is 4.79 Å². The van der Waals surface area contributed by atoms with E-state index in [0.29, 0.717) is 12.4 Å². The molecule has 1 aromatic carbocycles. The fourth-order valence-electron chi connectivity index (χ4n) is 2.28. The average Bonchev–Trinajstić information content (AvgIpc) is 2.57. The van der Waals surface area contributed by atoms with Crippen LogP contribution in [0.4, 0.5) is 11.5 Å². The van der Waals surface area contributed by atoms with E-state index in [1.54, 1.807) is 25.4 Å². The van der Waals surface area contributed by atoms with E-state index >= 15 is 0 Å². The largest absolute Gasteiger partial charge is 0.461 e. The van der Waals surface area contributed by atoms with Crippen LogP contribution >= 0.6 is 0 Å². The topological polar surface area (TPSA) is 64.1 Å². The number of nitrogens with zero attached hydrogens (tertiary/aromatic N) is 2. The minimum Gasteiger partial charge on any atom is -0.461 e. The van der Waals surface area contributed by atoms with E-state index < -0.39 is 5.97 Å². The van der Waals surface area contributed by atoms with Gasteiger partial charge < -0.3 is 10.1 Å². The number of carbonyl (C=O) groups is 1. The summed E-state index contributed by atoms with van der Waals surface area (Å²) in [5, 5.41) is 5.00. The maximum Gasteiger partial charge on any atom is 0.357 e. The Labute approximate surface area is 134 Å². The van der Waals surface area contributed by atoms with Gasteiger partial charge in [-0.3, -0.25) is 4.98 Å². The Kier molecular flexibility index (Phi) is 4.19. The Morgan fingerprint density at radius 3 is 2.74 bits per heavy atom. The fourth-order valence-corrected chi connectivity index (χ4v) is 2.28. The van der Waals surface area contributed by atoms with Crippen LogP contribution in [0.5, 0.6) is 0 Å². The van der Waals surface area contributed by atoms with Gasteiger partial charge in [-0.2, -0.15) is 0 Å². The van der Waals surface area contributed by atoms with Crippen molar-refractivity contribution in [1.82, 2.24) is 9.97 Å². The molecule has 0 atom stereocenters. The molecule has 2 heterocycles. The molecule has 0 saturated heterocycles. The smallest absolute Gasteiger partial charge is 0.357 e. The third-order valence-corrected chi connectivity index (χ3v) is 3.43. The van der Waals surface area contributed by atoms with Crippen LogP contribution in [0.3, 0.4) is 0 Å². The van der Waals surface area contributed by atoms with Gasteiger partial charge in [-0.05, 0) is 38.1 Å². The van der Waals surface area contributed by atoms with Crippen LogP contribution in [0.1, 0.15) is 23.0 Å². The second-order valence-electron chi connectivity index (χ2n) is 5.16. The lowest BCUT2D eigenvalue weighted by Gasteiger charge is -2.11. The van der Waals surface area contributed by atoms with Crippen LogP contribution in [0.25, 0.3) is 10.8 Å².